The average molecular weight is 219 g/mol. The summed E-state index contributed by atoms with van der Waals surface area (Å²) in [6.45, 7) is 2.81. The first-order valence-electron chi connectivity index (χ1n) is 4.32. The number of hydrogen-bond donors (Lipinski definition) is 0. The fourth-order valence-electron chi connectivity index (χ4n) is 0.914. The number of unbranched alkanes of at least 4 members (excludes halogenated alkanes) is 1. The van der Waals surface area contributed by atoms with Crippen molar-refractivity contribution in [1.82, 2.24) is 0 Å². The molecule has 1 rings (SSSR count). The van der Waals surface area contributed by atoms with E-state index in [9.17, 15) is 0 Å². The Labute approximate surface area is 88.6 Å². The number of benzene rings is 1. The molecule has 0 saturated carbocycles. The standard InChI is InChI=1S/C10H12Cl2O/c1-2-3-6-13-10-7-8(11)4-5-9(10)12/h4-5,7H,2-3,6H2,1H3. The quantitative estimate of drug-likeness (QED) is 0.690. The van der Waals surface area contributed by atoms with Gasteiger partial charge in [0.1, 0.15) is 5.75 Å². The van der Waals surface area contributed by atoms with Crippen molar-refractivity contribution in [3.63, 3.8) is 0 Å². The van der Waals surface area contributed by atoms with Crippen molar-refractivity contribution in [2.75, 3.05) is 6.61 Å². The summed E-state index contributed by atoms with van der Waals surface area (Å²) in [4.78, 5) is 0. The molecule has 0 unspecified atom stereocenters. The molecule has 13 heavy (non-hydrogen) atoms. The van der Waals surface area contributed by atoms with E-state index in [4.69, 9.17) is 27.9 Å². The Hall–Kier alpha value is -0.400. The minimum absolute atomic E-state index is 0.612. The SMILES string of the molecule is CCCCOc1cc(Cl)ccc1Cl. The van der Waals surface area contributed by atoms with E-state index in [1.807, 2.05) is 0 Å². The first-order valence-corrected chi connectivity index (χ1v) is 5.07. The van der Waals surface area contributed by atoms with Gasteiger partial charge in [-0.1, -0.05) is 36.5 Å². The van der Waals surface area contributed by atoms with Gasteiger partial charge < -0.3 is 4.74 Å². The van der Waals surface area contributed by atoms with Crippen LogP contribution in [0.2, 0.25) is 10.0 Å². The van der Waals surface area contributed by atoms with Crippen LogP contribution in [0, 0.1) is 0 Å². The summed E-state index contributed by atoms with van der Waals surface area (Å²) < 4.78 is 5.44. The molecule has 0 atom stereocenters. The van der Waals surface area contributed by atoms with Crippen molar-refractivity contribution >= 4 is 23.2 Å². The van der Waals surface area contributed by atoms with Gasteiger partial charge in [0.15, 0.2) is 0 Å². The Morgan fingerprint density at radius 1 is 1.31 bits per heavy atom. The molecule has 0 aliphatic heterocycles. The molecule has 0 bridgehead atoms. The van der Waals surface area contributed by atoms with E-state index < -0.39 is 0 Å². The summed E-state index contributed by atoms with van der Waals surface area (Å²) in [5.41, 5.74) is 0. The van der Waals surface area contributed by atoms with Crippen LogP contribution in [0.4, 0.5) is 0 Å². The second-order valence-corrected chi connectivity index (χ2v) is 3.62. The van der Waals surface area contributed by atoms with Gasteiger partial charge in [-0.2, -0.15) is 0 Å². The van der Waals surface area contributed by atoms with E-state index in [1.54, 1.807) is 18.2 Å². The zero-order chi connectivity index (χ0) is 9.68. The molecule has 0 aromatic heterocycles. The van der Waals surface area contributed by atoms with E-state index in [0.29, 0.717) is 22.4 Å². The second-order valence-electron chi connectivity index (χ2n) is 2.78. The predicted octanol–water partition coefficient (Wildman–Crippen LogP) is 4.17. The van der Waals surface area contributed by atoms with E-state index >= 15 is 0 Å². The van der Waals surface area contributed by atoms with Gasteiger partial charge in [0.2, 0.25) is 0 Å². The molecule has 0 fully saturated rings. The summed E-state index contributed by atoms with van der Waals surface area (Å²) in [5, 5.41) is 1.26. The molecule has 0 heterocycles. The van der Waals surface area contributed by atoms with Crippen molar-refractivity contribution in [2.45, 2.75) is 19.8 Å². The predicted molar refractivity (Wildman–Crippen MR) is 56.9 cm³/mol. The van der Waals surface area contributed by atoms with Crippen molar-refractivity contribution in [1.29, 1.82) is 0 Å². The van der Waals surface area contributed by atoms with Crippen LogP contribution in [0.5, 0.6) is 5.75 Å². The summed E-state index contributed by atoms with van der Waals surface area (Å²) >= 11 is 11.7. The lowest BCUT2D eigenvalue weighted by Crippen LogP contribution is -1.96. The van der Waals surface area contributed by atoms with Crippen LogP contribution in [0.3, 0.4) is 0 Å². The highest BCUT2D eigenvalue weighted by Gasteiger charge is 2.01. The molecule has 3 heteroatoms. The van der Waals surface area contributed by atoms with Crippen LogP contribution in [-0.4, -0.2) is 6.61 Å². The maximum Gasteiger partial charge on any atom is 0.139 e. The molecule has 0 aliphatic rings. The fourth-order valence-corrected chi connectivity index (χ4v) is 1.25. The molecule has 0 aliphatic carbocycles. The molecule has 0 saturated heterocycles. The molecule has 1 aromatic rings. The maximum atomic E-state index is 5.89. The Balaban J connectivity index is 2.59. The third kappa shape index (κ3) is 3.45. The largest absolute Gasteiger partial charge is 0.492 e. The Morgan fingerprint density at radius 2 is 2.08 bits per heavy atom. The number of halogens is 2. The van der Waals surface area contributed by atoms with E-state index in [2.05, 4.69) is 6.92 Å². The van der Waals surface area contributed by atoms with Crippen LogP contribution >= 0.6 is 23.2 Å². The Morgan fingerprint density at radius 3 is 2.77 bits per heavy atom. The summed E-state index contributed by atoms with van der Waals surface area (Å²) in [7, 11) is 0. The number of ether oxygens (including phenoxy) is 1. The van der Waals surface area contributed by atoms with Gasteiger partial charge in [0, 0.05) is 11.1 Å². The van der Waals surface area contributed by atoms with Gasteiger partial charge in [0.25, 0.3) is 0 Å². The van der Waals surface area contributed by atoms with Crippen molar-refractivity contribution in [3.8, 4) is 5.75 Å². The minimum Gasteiger partial charge on any atom is -0.492 e. The smallest absolute Gasteiger partial charge is 0.139 e. The summed E-state index contributed by atoms with van der Waals surface area (Å²) in [6.07, 6.45) is 2.14. The zero-order valence-electron chi connectivity index (χ0n) is 7.52. The third-order valence-corrected chi connectivity index (χ3v) is 2.20. The van der Waals surface area contributed by atoms with Crippen LogP contribution in [0.25, 0.3) is 0 Å². The lowest BCUT2D eigenvalue weighted by molar-refractivity contribution is 0.309. The van der Waals surface area contributed by atoms with Gasteiger partial charge in [-0.05, 0) is 18.6 Å². The Kier molecular flexibility index (Phi) is 4.40. The first kappa shape index (κ1) is 10.7. The first-order chi connectivity index (χ1) is 6.24. The highest BCUT2D eigenvalue weighted by Crippen LogP contribution is 2.27. The zero-order valence-corrected chi connectivity index (χ0v) is 9.03. The van der Waals surface area contributed by atoms with E-state index in [0.717, 1.165) is 12.8 Å². The lowest BCUT2D eigenvalue weighted by Gasteiger charge is -2.06. The molecule has 0 radical (unpaired) electrons. The van der Waals surface area contributed by atoms with Crippen LogP contribution < -0.4 is 4.74 Å². The molecule has 0 spiro atoms. The molecular weight excluding hydrogens is 207 g/mol. The van der Waals surface area contributed by atoms with Crippen LogP contribution in [0.15, 0.2) is 18.2 Å². The Bertz CT molecular complexity index is 274. The maximum absolute atomic E-state index is 5.89. The van der Waals surface area contributed by atoms with Crippen molar-refractivity contribution in [2.24, 2.45) is 0 Å². The molecule has 1 nitrogen and oxygen atoms in total. The average Bonchev–Trinajstić information content (AvgIpc) is 2.11. The normalized spacial score (nSPS) is 10.1. The van der Waals surface area contributed by atoms with Crippen LogP contribution in [-0.2, 0) is 0 Å². The van der Waals surface area contributed by atoms with Gasteiger partial charge in [-0.25, -0.2) is 0 Å². The van der Waals surface area contributed by atoms with E-state index in [-0.39, 0.29) is 0 Å². The fraction of sp³-hybridized carbons (Fsp3) is 0.400. The highest BCUT2D eigenvalue weighted by atomic mass is 35.5. The minimum atomic E-state index is 0.612. The highest BCUT2D eigenvalue weighted by molar-refractivity contribution is 6.34. The third-order valence-electron chi connectivity index (χ3n) is 1.65. The molecule has 0 amide bonds. The van der Waals surface area contributed by atoms with Gasteiger partial charge in [0.05, 0.1) is 11.6 Å². The molecular formula is C10H12Cl2O. The molecule has 0 N–H and O–H groups in total. The monoisotopic (exact) mass is 218 g/mol. The van der Waals surface area contributed by atoms with E-state index in [1.165, 1.54) is 0 Å². The molecule has 1 aromatic carbocycles. The number of hydrogen-bond acceptors (Lipinski definition) is 1. The van der Waals surface area contributed by atoms with Crippen molar-refractivity contribution in [3.05, 3.63) is 28.2 Å². The van der Waals surface area contributed by atoms with Gasteiger partial charge in [-0.15, -0.1) is 0 Å². The topological polar surface area (TPSA) is 9.23 Å². The molecule has 72 valence electrons. The van der Waals surface area contributed by atoms with Crippen LogP contribution in [0.1, 0.15) is 19.8 Å². The van der Waals surface area contributed by atoms with Crippen molar-refractivity contribution < 1.29 is 4.74 Å². The number of rotatable bonds is 4. The lowest BCUT2D eigenvalue weighted by atomic mass is 10.3. The second kappa shape index (κ2) is 5.36. The summed E-state index contributed by atoms with van der Waals surface area (Å²) in [6, 6.07) is 5.22. The van der Waals surface area contributed by atoms with Gasteiger partial charge in [-0.3, -0.25) is 0 Å². The van der Waals surface area contributed by atoms with Gasteiger partial charge >= 0.3 is 0 Å². The summed E-state index contributed by atoms with van der Waals surface area (Å²) in [5.74, 6) is 0.669.